The largest absolute Gasteiger partial charge is 0.326 e. The second-order valence-electron chi connectivity index (χ2n) is 3.25. The van der Waals surface area contributed by atoms with E-state index in [1.807, 2.05) is 24.3 Å². The molecule has 0 aliphatic carbocycles. The summed E-state index contributed by atoms with van der Waals surface area (Å²) in [5, 5.41) is 0. The fraction of sp³-hybridized carbons (Fsp3) is 0.400. The minimum atomic E-state index is -3.12. The van der Waals surface area contributed by atoms with Crippen LogP contribution in [0.4, 0.5) is 0 Å². The van der Waals surface area contributed by atoms with E-state index in [2.05, 4.69) is 4.72 Å². The fourth-order valence-electron chi connectivity index (χ4n) is 1.16. The third kappa shape index (κ3) is 3.99. The summed E-state index contributed by atoms with van der Waals surface area (Å²) in [4.78, 5) is 0. The first-order valence-corrected chi connectivity index (χ1v) is 6.48. The van der Waals surface area contributed by atoms with Crippen molar-refractivity contribution in [2.45, 2.75) is 20.0 Å². The monoisotopic (exact) mass is 228 g/mol. The first-order valence-electron chi connectivity index (χ1n) is 4.82. The summed E-state index contributed by atoms with van der Waals surface area (Å²) in [5.74, 6) is 0.101. The van der Waals surface area contributed by atoms with Gasteiger partial charge in [0.15, 0.2) is 0 Å². The van der Waals surface area contributed by atoms with Gasteiger partial charge in [0.1, 0.15) is 0 Å². The maximum Gasteiger partial charge on any atom is 0.211 e. The third-order valence-corrected chi connectivity index (χ3v) is 3.45. The third-order valence-electron chi connectivity index (χ3n) is 2.10. The summed E-state index contributed by atoms with van der Waals surface area (Å²) in [6.45, 7) is 2.40. The molecule has 0 aromatic heterocycles. The Hall–Kier alpha value is -0.910. The van der Waals surface area contributed by atoms with Gasteiger partial charge in [0.25, 0.3) is 0 Å². The van der Waals surface area contributed by atoms with Crippen molar-refractivity contribution in [2.24, 2.45) is 5.73 Å². The van der Waals surface area contributed by atoms with Gasteiger partial charge in [0.2, 0.25) is 10.0 Å². The van der Waals surface area contributed by atoms with Crippen LogP contribution in [-0.4, -0.2) is 14.2 Å². The molecule has 0 fully saturated rings. The van der Waals surface area contributed by atoms with Crippen LogP contribution in [0.3, 0.4) is 0 Å². The van der Waals surface area contributed by atoms with E-state index in [-0.39, 0.29) is 5.75 Å². The summed E-state index contributed by atoms with van der Waals surface area (Å²) < 4.78 is 24.9. The molecular formula is C10H16N2O2S. The van der Waals surface area contributed by atoms with E-state index in [0.717, 1.165) is 11.1 Å². The molecule has 15 heavy (non-hydrogen) atoms. The van der Waals surface area contributed by atoms with Gasteiger partial charge in [0.05, 0.1) is 5.75 Å². The van der Waals surface area contributed by atoms with Gasteiger partial charge in [-0.05, 0) is 18.1 Å². The van der Waals surface area contributed by atoms with Crippen molar-refractivity contribution < 1.29 is 8.42 Å². The molecule has 0 aliphatic rings. The minimum Gasteiger partial charge on any atom is -0.326 e. The highest BCUT2D eigenvalue weighted by Crippen LogP contribution is 2.04. The first-order chi connectivity index (χ1) is 7.07. The Morgan fingerprint density at radius 2 is 2.00 bits per heavy atom. The number of benzene rings is 1. The van der Waals surface area contributed by atoms with Gasteiger partial charge in [-0.1, -0.05) is 24.3 Å². The number of nitrogens with one attached hydrogen (secondary N) is 1. The number of nitrogens with two attached hydrogens (primary N) is 1. The molecule has 1 aromatic rings. The lowest BCUT2D eigenvalue weighted by Gasteiger charge is -2.05. The number of rotatable bonds is 5. The van der Waals surface area contributed by atoms with Gasteiger partial charge in [-0.25, -0.2) is 13.1 Å². The van der Waals surface area contributed by atoms with Crippen LogP contribution < -0.4 is 10.5 Å². The highest BCUT2D eigenvalue weighted by atomic mass is 32.2. The van der Waals surface area contributed by atoms with Crippen molar-refractivity contribution in [1.82, 2.24) is 4.72 Å². The Kier molecular flexibility index (Phi) is 4.26. The maximum absolute atomic E-state index is 11.2. The molecule has 0 saturated heterocycles. The Balaban J connectivity index is 2.65. The smallest absolute Gasteiger partial charge is 0.211 e. The molecule has 1 rings (SSSR count). The maximum atomic E-state index is 11.2. The van der Waals surface area contributed by atoms with Crippen molar-refractivity contribution in [2.75, 3.05) is 5.75 Å². The molecule has 84 valence electrons. The zero-order chi connectivity index (χ0) is 11.3. The topological polar surface area (TPSA) is 72.2 Å². The van der Waals surface area contributed by atoms with E-state index in [0.29, 0.717) is 13.1 Å². The van der Waals surface area contributed by atoms with Crippen molar-refractivity contribution >= 4 is 10.0 Å². The lowest BCUT2D eigenvalue weighted by atomic mass is 10.1. The van der Waals surface area contributed by atoms with E-state index in [1.54, 1.807) is 6.92 Å². The molecule has 3 N–H and O–H groups in total. The lowest BCUT2D eigenvalue weighted by molar-refractivity contribution is 0.582. The van der Waals surface area contributed by atoms with Crippen molar-refractivity contribution in [3.05, 3.63) is 35.4 Å². The van der Waals surface area contributed by atoms with E-state index in [9.17, 15) is 8.42 Å². The second kappa shape index (κ2) is 5.25. The second-order valence-corrected chi connectivity index (χ2v) is 5.34. The van der Waals surface area contributed by atoms with Gasteiger partial charge in [-0.3, -0.25) is 0 Å². The van der Waals surface area contributed by atoms with Crippen LogP contribution in [0.5, 0.6) is 0 Å². The highest BCUT2D eigenvalue weighted by Gasteiger charge is 2.05. The average Bonchev–Trinajstić information content (AvgIpc) is 2.27. The SMILES string of the molecule is CCS(=O)(=O)NCc1cccc(CN)c1. The normalized spacial score (nSPS) is 11.6. The molecule has 1 aromatic carbocycles. The predicted molar refractivity (Wildman–Crippen MR) is 60.6 cm³/mol. The molecule has 0 atom stereocenters. The van der Waals surface area contributed by atoms with Crippen LogP contribution in [0.2, 0.25) is 0 Å². The minimum absolute atomic E-state index is 0.101. The Morgan fingerprint density at radius 1 is 1.33 bits per heavy atom. The molecule has 0 aliphatic heterocycles. The molecule has 0 saturated carbocycles. The van der Waals surface area contributed by atoms with E-state index in [4.69, 9.17) is 5.73 Å². The summed E-state index contributed by atoms with van der Waals surface area (Å²) in [7, 11) is -3.12. The van der Waals surface area contributed by atoms with Gasteiger partial charge in [-0.15, -0.1) is 0 Å². The highest BCUT2D eigenvalue weighted by molar-refractivity contribution is 7.89. The fourth-order valence-corrected chi connectivity index (χ4v) is 1.75. The van der Waals surface area contributed by atoms with Crippen molar-refractivity contribution in [1.29, 1.82) is 0 Å². The van der Waals surface area contributed by atoms with Gasteiger partial charge < -0.3 is 5.73 Å². The van der Waals surface area contributed by atoms with Gasteiger partial charge >= 0.3 is 0 Å². The average molecular weight is 228 g/mol. The van der Waals surface area contributed by atoms with Crippen molar-refractivity contribution in [3.63, 3.8) is 0 Å². The van der Waals surface area contributed by atoms with Crippen LogP contribution in [-0.2, 0) is 23.1 Å². The number of hydrogen-bond acceptors (Lipinski definition) is 3. The zero-order valence-corrected chi connectivity index (χ0v) is 9.55. The van der Waals surface area contributed by atoms with Crippen LogP contribution in [0.15, 0.2) is 24.3 Å². The van der Waals surface area contributed by atoms with Crippen LogP contribution in [0.1, 0.15) is 18.1 Å². The Labute approximate surface area is 90.5 Å². The zero-order valence-electron chi connectivity index (χ0n) is 8.73. The molecule has 0 amide bonds. The Bertz CT molecular complexity index is 415. The standard InChI is InChI=1S/C10H16N2O2S/c1-2-15(13,14)12-8-10-5-3-4-9(6-10)7-11/h3-6,12H,2,7-8,11H2,1H3. The van der Waals surface area contributed by atoms with Gasteiger partial charge in [0, 0.05) is 13.1 Å². The molecule has 0 bridgehead atoms. The summed E-state index contributed by atoms with van der Waals surface area (Å²) in [6.07, 6.45) is 0. The lowest BCUT2D eigenvalue weighted by Crippen LogP contribution is -2.24. The number of sulfonamides is 1. The molecule has 0 heterocycles. The predicted octanol–water partition coefficient (Wildman–Crippen LogP) is 0.585. The quantitative estimate of drug-likeness (QED) is 0.774. The number of hydrogen-bond donors (Lipinski definition) is 2. The van der Waals surface area contributed by atoms with Crippen LogP contribution in [0, 0.1) is 0 Å². The van der Waals surface area contributed by atoms with E-state index >= 15 is 0 Å². The van der Waals surface area contributed by atoms with Crippen molar-refractivity contribution in [3.8, 4) is 0 Å². The van der Waals surface area contributed by atoms with E-state index in [1.165, 1.54) is 0 Å². The molecular weight excluding hydrogens is 212 g/mol. The summed E-state index contributed by atoms with van der Waals surface area (Å²) in [5.41, 5.74) is 7.42. The van der Waals surface area contributed by atoms with E-state index < -0.39 is 10.0 Å². The summed E-state index contributed by atoms with van der Waals surface area (Å²) in [6, 6.07) is 7.56. The van der Waals surface area contributed by atoms with Gasteiger partial charge in [-0.2, -0.15) is 0 Å². The first kappa shape index (κ1) is 12.2. The van der Waals surface area contributed by atoms with Crippen LogP contribution in [0.25, 0.3) is 0 Å². The molecule has 0 radical (unpaired) electrons. The van der Waals surface area contributed by atoms with Crippen LogP contribution >= 0.6 is 0 Å². The Morgan fingerprint density at radius 3 is 2.60 bits per heavy atom. The summed E-state index contributed by atoms with van der Waals surface area (Å²) >= 11 is 0. The molecule has 4 nitrogen and oxygen atoms in total. The molecule has 5 heteroatoms. The molecule has 0 spiro atoms. The molecule has 0 unspecified atom stereocenters.